The van der Waals surface area contributed by atoms with E-state index in [1.807, 2.05) is 0 Å². The summed E-state index contributed by atoms with van der Waals surface area (Å²) < 4.78 is 5.40. The van der Waals surface area contributed by atoms with Crippen molar-refractivity contribution in [2.75, 3.05) is 0 Å². The summed E-state index contributed by atoms with van der Waals surface area (Å²) >= 11 is 0. The first-order chi connectivity index (χ1) is 15.2. The van der Waals surface area contributed by atoms with Crippen molar-refractivity contribution < 1.29 is 24.5 Å². The van der Waals surface area contributed by atoms with Crippen molar-refractivity contribution in [3.8, 4) is 0 Å². The monoisotopic (exact) mass is 448 g/mol. The highest BCUT2D eigenvalue weighted by molar-refractivity contribution is 5.66. The molecule has 5 nitrogen and oxygen atoms in total. The quantitative estimate of drug-likeness (QED) is 0.517. The maximum Gasteiger partial charge on any atom is 0.303 e. The summed E-state index contributed by atoms with van der Waals surface area (Å²) in [6, 6.07) is 0. The molecule has 0 spiro atoms. The lowest BCUT2D eigenvalue weighted by Crippen LogP contribution is -2.62. The van der Waals surface area contributed by atoms with Gasteiger partial charge in [0.15, 0.2) is 0 Å². The Morgan fingerprint density at radius 2 is 1.78 bits per heavy atom. The Labute approximate surface area is 193 Å². The molecule has 0 amide bonds. The first-order valence-electron chi connectivity index (χ1n) is 13.2. The van der Waals surface area contributed by atoms with Crippen LogP contribution in [0.1, 0.15) is 91.9 Å². The van der Waals surface area contributed by atoms with Crippen LogP contribution >= 0.6 is 0 Å². The second-order valence-corrected chi connectivity index (χ2v) is 12.2. The highest BCUT2D eigenvalue weighted by Crippen LogP contribution is 2.69. The van der Waals surface area contributed by atoms with E-state index < -0.39 is 5.97 Å². The topological polar surface area (TPSA) is 83.8 Å². The van der Waals surface area contributed by atoms with Crippen LogP contribution in [0.5, 0.6) is 0 Å². The third-order valence-electron chi connectivity index (χ3n) is 11.2. The van der Waals surface area contributed by atoms with Crippen molar-refractivity contribution in [1.82, 2.24) is 0 Å². The van der Waals surface area contributed by atoms with Gasteiger partial charge in [0.2, 0.25) is 0 Å². The van der Waals surface area contributed by atoms with E-state index in [-0.39, 0.29) is 35.4 Å². The van der Waals surface area contributed by atoms with Crippen LogP contribution in [0.2, 0.25) is 0 Å². The van der Waals surface area contributed by atoms with E-state index in [1.54, 1.807) is 0 Å². The Morgan fingerprint density at radius 3 is 2.44 bits per heavy atom. The Balaban J connectivity index is 1.60. The second-order valence-electron chi connectivity index (χ2n) is 12.2. The summed E-state index contributed by atoms with van der Waals surface area (Å²) in [6.07, 6.45) is 9.34. The number of hydrogen-bond donors (Lipinski definition) is 2. The van der Waals surface area contributed by atoms with Crippen LogP contribution in [0, 0.1) is 52.3 Å². The van der Waals surface area contributed by atoms with E-state index in [0.717, 1.165) is 32.1 Å². The van der Waals surface area contributed by atoms with E-state index in [1.165, 1.54) is 25.7 Å². The van der Waals surface area contributed by atoms with Crippen molar-refractivity contribution in [2.45, 2.75) is 104 Å². The fourth-order valence-corrected chi connectivity index (χ4v) is 9.67. The number of carbonyl (C=O) groups excluding carboxylic acids is 1. The van der Waals surface area contributed by atoms with Crippen LogP contribution in [0.15, 0.2) is 0 Å². The fourth-order valence-electron chi connectivity index (χ4n) is 9.67. The number of aliphatic carboxylic acids is 1. The first kappa shape index (κ1) is 24.0. The largest absolute Gasteiger partial charge is 0.481 e. The Morgan fingerprint density at radius 1 is 1.09 bits per heavy atom. The molecule has 0 aromatic carbocycles. The molecule has 2 N–H and O–H groups in total. The molecule has 0 aromatic rings. The zero-order chi connectivity index (χ0) is 23.3. The maximum absolute atomic E-state index is 11.8. The minimum Gasteiger partial charge on any atom is -0.481 e. The van der Waals surface area contributed by atoms with E-state index in [9.17, 15) is 19.8 Å². The zero-order valence-electron chi connectivity index (χ0n) is 20.5. The summed E-state index contributed by atoms with van der Waals surface area (Å²) in [6.45, 7) is 10.0. The van der Waals surface area contributed by atoms with Crippen LogP contribution < -0.4 is 0 Å². The van der Waals surface area contributed by atoms with Crippen molar-refractivity contribution in [2.24, 2.45) is 52.3 Å². The van der Waals surface area contributed by atoms with E-state index >= 15 is 0 Å². The molecule has 0 radical (unpaired) electrons. The minimum atomic E-state index is -0.693. The number of aliphatic hydroxyl groups is 1. The summed E-state index contributed by atoms with van der Waals surface area (Å²) in [5.74, 6) is 2.38. The normalized spacial score (nSPS) is 48.8. The molecule has 0 heterocycles. The minimum absolute atomic E-state index is 0.00294. The van der Waals surface area contributed by atoms with Gasteiger partial charge in [-0.2, -0.15) is 0 Å². The molecule has 4 fully saturated rings. The lowest BCUT2D eigenvalue weighted by atomic mass is 9.41. The van der Waals surface area contributed by atoms with Gasteiger partial charge in [-0.15, -0.1) is 0 Å². The summed E-state index contributed by atoms with van der Waals surface area (Å²) in [5, 5.41) is 21.0. The molecule has 4 aliphatic carbocycles. The van der Waals surface area contributed by atoms with Crippen LogP contribution in [-0.2, 0) is 14.3 Å². The lowest BCUT2D eigenvalue weighted by molar-refractivity contribution is -0.205. The van der Waals surface area contributed by atoms with Gasteiger partial charge in [0, 0.05) is 6.42 Å². The number of rotatable bonds is 7. The van der Waals surface area contributed by atoms with Crippen molar-refractivity contribution in [3.63, 3.8) is 0 Å². The number of ether oxygens (including phenoxy) is 1. The Hall–Kier alpha value is -1.10. The third-order valence-corrected chi connectivity index (χ3v) is 11.2. The van der Waals surface area contributed by atoms with Crippen LogP contribution in [0.25, 0.3) is 0 Å². The number of aliphatic hydroxyl groups excluding tert-OH is 1. The summed E-state index contributed by atoms with van der Waals surface area (Å²) in [4.78, 5) is 22.1. The highest BCUT2D eigenvalue weighted by Gasteiger charge is 2.65. The lowest BCUT2D eigenvalue weighted by Gasteiger charge is -2.64. The van der Waals surface area contributed by atoms with Crippen LogP contribution in [0.3, 0.4) is 0 Å². The average Bonchev–Trinajstić information content (AvgIpc) is 3.10. The molecule has 0 aliphatic heterocycles. The fraction of sp³-hybridized carbons (Fsp3) is 0.926. The Bertz CT molecular complexity index is 708. The first-order valence-corrected chi connectivity index (χ1v) is 13.2. The number of carboxylic acid groups (broad SMARTS) is 1. The van der Waals surface area contributed by atoms with E-state index in [2.05, 4.69) is 27.7 Å². The second kappa shape index (κ2) is 8.92. The maximum atomic E-state index is 11.8. The van der Waals surface area contributed by atoms with Gasteiger partial charge in [0.1, 0.15) is 6.10 Å². The molecule has 5 heteroatoms. The molecule has 4 saturated carbocycles. The molecule has 32 heavy (non-hydrogen) atoms. The van der Waals surface area contributed by atoms with E-state index in [0.29, 0.717) is 42.0 Å². The molecular weight excluding hydrogens is 404 g/mol. The average molecular weight is 449 g/mol. The predicted molar refractivity (Wildman–Crippen MR) is 123 cm³/mol. The van der Waals surface area contributed by atoms with Gasteiger partial charge in [0.05, 0.1) is 6.10 Å². The molecule has 0 aromatic heterocycles. The highest BCUT2D eigenvalue weighted by atomic mass is 16.5. The van der Waals surface area contributed by atoms with Crippen molar-refractivity contribution >= 4 is 12.4 Å². The Kier molecular flexibility index (Phi) is 6.70. The number of carboxylic acids is 1. The standard InChI is InChI=1S/C27H44O5/c1-5-18-22-14-17(32-15-28)10-12-27(22,4)21-11-13-26(3)19(16(2)6-9-23(29)30)7-8-20(26)24(21)25(18)31/h15-22,24-25,31H,5-14H2,1-4H3,(H,29,30)/t16-,17-,18-,19-,20+,21+,22+,24+,25-,26-,27-/m1/s1. The number of fused-ring (bicyclic) bond motifs is 5. The van der Waals surface area contributed by atoms with Crippen molar-refractivity contribution in [1.29, 1.82) is 0 Å². The van der Waals surface area contributed by atoms with Gasteiger partial charge in [-0.05, 0) is 104 Å². The van der Waals surface area contributed by atoms with Gasteiger partial charge < -0.3 is 14.9 Å². The molecule has 4 aliphatic rings. The SMILES string of the molecule is CC[C@H]1[C@@H](O)[C@@H]2[C@H](CC[C@]3(C)[C@@H]([C@H](C)CCC(=O)O)CC[C@@H]23)[C@@]2(C)CC[C@@H](OC=O)C[C@@H]12. The molecular formula is C27H44O5. The van der Waals surface area contributed by atoms with Gasteiger partial charge in [-0.3, -0.25) is 9.59 Å². The number of carbonyl (C=O) groups is 2. The molecule has 11 atom stereocenters. The smallest absolute Gasteiger partial charge is 0.303 e. The zero-order valence-corrected chi connectivity index (χ0v) is 20.5. The molecule has 4 rings (SSSR count). The third kappa shape index (κ3) is 3.71. The van der Waals surface area contributed by atoms with Gasteiger partial charge in [0.25, 0.3) is 6.47 Å². The summed E-state index contributed by atoms with van der Waals surface area (Å²) in [7, 11) is 0. The van der Waals surface area contributed by atoms with Crippen molar-refractivity contribution in [3.05, 3.63) is 0 Å². The molecule has 0 unspecified atom stereocenters. The molecule has 0 bridgehead atoms. The van der Waals surface area contributed by atoms with Gasteiger partial charge in [-0.1, -0.05) is 34.1 Å². The van der Waals surface area contributed by atoms with Crippen LogP contribution in [-0.4, -0.2) is 34.9 Å². The van der Waals surface area contributed by atoms with Crippen LogP contribution in [0.4, 0.5) is 0 Å². The molecule has 0 saturated heterocycles. The predicted octanol–water partition coefficient (Wildman–Crippen LogP) is 5.29. The number of hydrogen-bond acceptors (Lipinski definition) is 4. The van der Waals surface area contributed by atoms with Gasteiger partial charge >= 0.3 is 5.97 Å². The molecule has 182 valence electrons. The van der Waals surface area contributed by atoms with E-state index in [4.69, 9.17) is 4.74 Å². The summed E-state index contributed by atoms with van der Waals surface area (Å²) in [5.41, 5.74) is 0.418. The van der Waals surface area contributed by atoms with Gasteiger partial charge in [-0.25, -0.2) is 0 Å².